The number of unbranched alkanes of at least 4 members (excludes halogenated alkanes) is 6. The average molecular weight is 374 g/mol. The van der Waals surface area contributed by atoms with Crippen molar-refractivity contribution in [1.82, 2.24) is 4.98 Å². The maximum Gasteiger partial charge on any atom is 0.224 e. The van der Waals surface area contributed by atoms with E-state index >= 15 is 0 Å². The van der Waals surface area contributed by atoms with Crippen molar-refractivity contribution in [2.24, 2.45) is 0 Å². The number of fused-ring (bicyclic) bond motifs is 2. The third-order valence-corrected chi connectivity index (χ3v) is 4.90. The number of rotatable bonds is 9. The van der Waals surface area contributed by atoms with Crippen LogP contribution in [0, 0.1) is 12.3 Å². The summed E-state index contributed by atoms with van der Waals surface area (Å²) in [5.74, 6) is 2.72. The molecule has 0 aliphatic carbocycles. The third kappa shape index (κ3) is 5.47. The van der Waals surface area contributed by atoms with Gasteiger partial charge in [0.25, 0.3) is 0 Å². The Bertz CT molecular complexity index is 1000. The van der Waals surface area contributed by atoms with Crippen LogP contribution in [0.3, 0.4) is 0 Å². The van der Waals surface area contributed by atoms with Crippen molar-refractivity contribution in [3.05, 3.63) is 42.5 Å². The summed E-state index contributed by atoms with van der Waals surface area (Å²) in [5.41, 5.74) is 9.04. The number of benzene rings is 2. The zero-order valence-electron chi connectivity index (χ0n) is 16.2. The zero-order valence-corrected chi connectivity index (χ0v) is 16.2. The van der Waals surface area contributed by atoms with Crippen molar-refractivity contribution in [3.8, 4) is 12.3 Å². The van der Waals surface area contributed by atoms with E-state index < -0.39 is 0 Å². The van der Waals surface area contributed by atoms with Crippen LogP contribution < -0.4 is 11.1 Å². The molecule has 3 N–H and O–H groups in total. The topological polar surface area (TPSA) is 68.0 Å². The van der Waals surface area contributed by atoms with E-state index in [1.807, 2.05) is 36.4 Å². The number of nitrogen functional groups attached to an aromatic ring is 1. The molecule has 4 heteroatoms. The number of carbonyl (C=O) groups excluding carboxylic acids is 1. The van der Waals surface area contributed by atoms with E-state index in [4.69, 9.17) is 12.2 Å². The quantitative estimate of drug-likeness (QED) is 0.220. The van der Waals surface area contributed by atoms with Crippen molar-refractivity contribution < 1.29 is 4.79 Å². The first-order valence-corrected chi connectivity index (χ1v) is 9.99. The number of terminal acetylenes is 1. The lowest BCUT2D eigenvalue weighted by molar-refractivity contribution is -0.116. The van der Waals surface area contributed by atoms with Crippen molar-refractivity contribution in [2.75, 3.05) is 11.1 Å². The minimum absolute atomic E-state index is 0.0525. The molecule has 3 rings (SSSR count). The van der Waals surface area contributed by atoms with Gasteiger partial charge < -0.3 is 11.1 Å². The molecule has 0 saturated carbocycles. The van der Waals surface area contributed by atoms with Gasteiger partial charge >= 0.3 is 0 Å². The van der Waals surface area contributed by atoms with E-state index in [9.17, 15) is 4.79 Å². The first-order valence-electron chi connectivity index (χ1n) is 9.99. The molecule has 0 aliphatic heterocycles. The monoisotopic (exact) mass is 373 g/mol. The van der Waals surface area contributed by atoms with E-state index in [1.165, 1.54) is 12.8 Å². The summed E-state index contributed by atoms with van der Waals surface area (Å²) in [4.78, 5) is 16.9. The average Bonchev–Trinajstić information content (AvgIpc) is 2.68. The van der Waals surface area contributed by atoms with Gasteiger partial charge in [0.05, 0.1) is 11.0 Å². The molecule has 2 aromatic carbocycles. The van der Waals surface area contributed by atoms with Crippen LogP contribution in [-0.4, -0.2) is 10.9 Å². The minimum Gasteiger partial charge on any atom is -0.399 e. The van der Waals surface area contributed by atoms with E-state index in [-0.39, 0.29) is 5.91 Å². The molecule has 0 bridgehead atoms. The largest absolute Gasteiger partial charge is 0.399 e. The number of nitrogens with two attached hydrogens (primary N) is 1. The first kappa shape index (κ1) is 19.7. The second-order valence-electron chi connectivity index (χ2n) is 7.22. The van der Waals surface area contributed by atoms with Gasteiger partial charge in [-0.2, -0.15) is 0 Å². The van der Waals surface area contributed by atoms with Crippen molar-refractivity contribution >= 4 is 39.1 Å². The van der Waals surface area contributed by atoms with Crippen LogP contribution in [0.2, 0.25) is 0 Å². The highest BCUT2D eigenvalue weighted by atomic mass is 16.1. The van der Waals surface area contributed by atoms with Gasteiger partial charge in [0.2, 0.25) is 5.91 Å². The third-order valence-electron chi connectivity index (χ3n) is 4.90. The molecule has 0 aliphatic rings. The Labute approximate surface area is 166 Å². The molecule has 0 spiro atoms. The molecule has 1 heterocycles. The second-order valence-corrected chi connectivity index (χ2v) is 7.22. The number of nitrogens with one attached hydrogen (secondary N) is 1. The molecular weight excluding hydrogens is 346 g/mol. The van der Waals surface area contributed by atoms with E-state index in [0.29, 0.717) is 12.1 Å². The standard InChI is InChI=1S/C24H27N3O/c1-2-3-4-5-6-7-8-9-10-24(28)26-21-14-12-19-15-18-11-13-20(25)16-22(18)27-23(19)17-21/h1,11-17H,3-10,25H2,(H,26,28). The molecule has 144 valence electrons. The molecule has 0 saturated heterocycles. The van der Waals surface area contributed by atoms with Crippen LogP contribution >= 0.6 is 0 Å². The summed E-state index contributed by atoms with van der Waals surface area (Å²) in [6.07, 6.45) is 13.3. The summed E-state index contributed by atoms with van der Waals surface area (Å²) >= 11 is 0. The highest BCUT2D eigenvalue weighted by Crippen LogP contribution is 2.24. The zero-order chi connectivity index (χ0) is 19.8. The number of nitrogens with zero attached hydrogens (tertiary/aromatic N) is 1. The van der Waals surface area contributed by atoms with Crippen molar-refractivity contribution in [1.29, 1.82) is 0 Å². The van der Waals surface area contributed by atoms with Crippen molar-refractivity contribution in [2.45, 2.75) is 51.4 Å². The normalized spacial score (nSPS) is 10.8. The number of carbonyl (C=O) groups is 1. The van der Waals surface area contributed by atoms with E-state index in [1.54, 1.807) is 0 Å². The van der Waals surface area contributed by atoms with Gasteiger partial charge in [-0.05, 0) is 43.2 Å². The fourth-order valence-electron chi connectivity index (χ4n) is 3.36. The smallest absolute Gasteiger partial charge is 0.224 e. The predicted molar refractivity (Wildman–Crippen MR) is 118 cm³/mol. The Morgan fingerprint density at radius 2 is 1.61 bits per heavy atom. The SMILES string of the molecule is C#CCCCCCCCCC(=O)Nc1ccc2cc3ccc(N)cc3nc2c1. The summed E-state index contributed by atoms with van der Waals surface area (Å²) in [7, 11) is 0. The molecular formula is C24H27N3O. The molecule has 4 nitrogen and oxygen atoms in total. The lowest BCUT2D eigenvalue weighted by Crippen LogP contribution is -2.11. The van der Waals surface area contributed by atoms with E-state index in [0.717, 1.165) is 59.6 Å². The van der Waals surface area contributed by atoms with Gasteiger partial charge in [0, 0.05) is 35.0 Å². The summed E-state index contributed by atoms with van der Waals surface area (Å²) in [5, 5.41) is 5.08. The number of aromatic nitrogens is 1. The van der Waals surface area contributed by atoms with Gasteiger partial charge in [-0.25, -0.2) is 4.98 Å². The number of amides is 1. The fraction of sp³-hybridized carbons (Fsp3) is 0.333. The molecule has 1 aromatic heterocycles. The molecule has 0 radical (unpaired) electrons. The summed E-state index contributed by atoms with van der Waals surface area (Å²) < 4.78 is 0. The Hall–Kier alpha value is -3.06. The number of hydrogen-bond donors (Lipinski definition) is 2. The maximum atomic E-state index is 12.2. The molecule has 28 heavy (non-hydrogen) atoms. The van der Waals surface area contributed by atoms with Gasteiger partial charge in [-0.3, -0.25) is 4.79 Å². The Morgan fingerprint density at radius 1 is 0.929 bits per heavy atom. The highest BCUT2D eigenvalue weighted by molar-refractivity contribution is 5.97. The van der Waals surface area contributed by atoms with Gasteiger partial charge in [0.15, 0.2) is 0 Å². The molecule has 3 aromatic rings. The van der Waals surface area contributed by atoms with Gasteiger partial charge in [-0.15, -0.1) is 12.3 Å². The van der Waals surface area contributed by atoms with Crippen LogP contribution in [0.25, 0.3) is 21.8 Å². The fourth-order valence-corrected chi connectivity index (χ4v) is 3.36. The van der Waals surface area contributed by atoms with Crippen LogP contribution in [-0.2, 0) is 4.79 Å². The summed E-state index contributed by atoms with van der Waals surface area (Å²) in [6, 6.07) is 13.6. The number of pyridine rings is 1. The predicted octanol–water partition coefficient (Wildman–Crippen LogP) is 5.66. The van der Waals surface area contributed by atoms with Crippen LogP contribution in [0.15, 0.2) is 42.5 Å². The lowest BCUT2D eigenvalue weighted by Gasteiger charge is -2.08. The lowest BCUT2D eigenvalue weighted by atomic mass is 10.1. The molecule has 1 amide bonds. The first-order chi connectivity index (χ1) is 13.7. The Balaban J connectivity index is 1.51. The van der Waals surface area contributed by atoms with E-state index in [2.05, 4.69) is 22.3 Å². The maximum absolute atomic E-state index is 12.2. The Morgan fingerprint density at radius 3 is 2.39 bits per heavy atom. The van der Waals surface area contributed by atoms with Gasteiger partial charge in [0.1, 0.15) is 0 Å². The highest BCUT2D eigenvalue weighted by Gasteiger charge is 2.05. The molecule has 0 fully saturated rings. The van der Waals surface area contributed by atoms with Gasteiger partial charge in [-0.1, -0.05) is 37.8 Å². The minimum atomic E-state index is 0.0525. The van der Waals surface area contributed by atoms with Crippen LogP contribution in [0.4, 0.5) is 11.4 Å². The molecule has 0 unspecified atom stereocenters. The Kier molecular flexibility index (Phi) is 6.86. The molecule has 0 atom stereocenters. The van der Waals surface area contributed by atoms with Crippen LogP contribution in [0.1, 0.15) is 51.4 Å². The summed E-state index contributed by atoms with van der Waals surface area (Å²) in [6.45, 7) is 0. The second kappa shape index (κ2) is 9.75. The van der Waals surface area contributed by atoms with Crippen molar-refractivity contribution in [3.63, 3.8) is 0 Å². The number of hydrogen-bond acceptors (Lipinski definition) is 3. The number of anilines is 2. The van der Waals surface area contributed by atoms with Crippen LogP contribution in [0.5, 0.6) is 0 Å².